The highest BCUT2D eigenvalue weighted by Gasteiger charge is 2.02. The fourth-order valence-electron chi connectivity index (χ4n) is 1.50. The molecule has 0 aliphatic rings. The first-order valence-corrected chi connectivity index (χ1v) is 5.88. The first kappa shape index (κ1) is 13.5. The van der Waals surface area contributed by atoms with Gasteiger partial charge in [0, 0.05) is 38.9 Å². The molecule has 94 valence electrons. The Morgan fingerprint density at radius 1 is 1.35 bits per heavy atom. The summed E-state index contributed by atoms with van der Waals surface area (Å²) in [5.41, 5.74) is 1.14. The summed E-state index contributed by atoms with van der Waals surface area (Å²) in [4.78, 5) is 13.4. The van der Waals surface area contributed by atoms with Crippen molar-refractivity contribution in [3.63, 3.8) is 0 Å². The molecule has 4 nitrogen and oxygen atoms in total. The van der Waals surface area contributed by atoms with Gasteiger partial charge in [0.05, 0.1) is 0 Å². The summed E-state index contributed by atoms with van der Waals surface area (Å²) >= 11 is 0. The molecule has 0 aliphatic carbocycles. The number of aliphatic hydroxyl groups is 1. The molecule has 0 aliphatic heterocycles. The molecule has 1 rings (SSSR count). The van der Waals surface area contributed by atoms with Crippen LogP contribution in [0.5, 0.6) is 0 Å². The summed E-state index contributed by atoms with van der Waals surface area (Å²) < 4.78 is 0. The van der Waals surface area contributed by atoms with Crippen LogP contribution in [0.2, 0.25) is 0 Å². The number of likely N-dealkylation sites (N-methyl/N-ethyl adjacent to an activating group) is 1. The van der Waals surface area contributed by atoms with Crippen molar-refractivity contribution >= 4 is 11.6 Å². The van der Waals surface area contributed by atoms with Gasteiger partial charge in [-0.3, -0.25) is 4.79 Å². The van der Waals surface area contributed by atoms with Crippen LogP contribution in [-0.2, 0) is 4.79 Å². The molecule has 0 radical (unpaired) electrons. The molecule has 0 fully saturated rings. The molecular weight excluding hydrogens is 216 g/mol. The van der Waals surface area contributed by atoms with E-state index in [1.54, 1.807) is 0 Å². The first-order valence-electron chi connectivity index (χ1n) is 5.88. The third-order valence-electron chi connectivity index (χ3n) is 2.53. The van der Waals surface area contributed by atoms with Crippen LogP contribution in [0.15, 0.2) is 30.3 Å². The number of rotatable bonds is 7. The molecule has 0 saturated heterocycles. The molecule has 1 aromatic rings. The van der Waals surface area contributed by atoms with Crippen molar-refractivity contribution < 1.29 is 9.90 Å². The van der Waals surface area contributed by atoms with Crippen LogP contribution in [0.3, 0.4) is 0 Å². The zero-order valence-electron chi connectivity index (χ0n) is 10.2. The number of carbonyl (C=O) groups excluding carboxylic acids is 1. The average Bonchev–Trinajstić information content (AvgIpc) is 2.37. The van der Waals surface area contributed by atoms with Gasteiger partial charge in [-0.1, -0.05) is 18.2 Å². The van der Waals surface area contributed by atoms with Gasteiger partial charge in [-0.25, -0.2) is 0 Å². The smallest absolute Gasteiger partial charge is 0.220 e. The Hall–Kier alpha value is -1.55. The third kappa shape index (κ3) is 5.36. The highest BCUT2D eigenvalue weighted by molar-refractivity contribution is 5.75. The summed E-state index contributed by atoms with van der Waals surface area (Å²) in [6.45, 7) is 1.46. The summed E-state index contributed by atoms with van der Waals surface area (Å²) in [6, 6.07) is 10.0. The minimum atomic E-state index is 0.000474. The Balaban J connectivity index is 2.20. The van der Waals surface area contributed by atoms with Crippen molar-refractivity contribution in [1.29, 1.82) is 0 Å². The number of aliphatic hydroxyl groups excluding tert-OH is 1. The lowest BCUT2D eigenvalue weighted by atomic mass is 10.3. The molecule has 2 N–H and O–H groups in total. The van der Waals surface area contributed by atoms with Crippen LogP contribution in [0, 0.1) is 0 Å². The predicted octanol–water partition coefficient (Wildman–Crippen LogP) is 1.01. The minimum Gasteiger partial charge on any atom is -0.396 e. The maximum Gasteiger partial charge on any atom is 0.220 e. The van der Waals surface area contributed by atoms with Crippen LogP contribution in [0.1, 0.15) is 12.8 Å². The van der Waals surface area contributed by atoms with Gasteiger partial charge in [0.2, 0.25) is 5.91 Å². The van der Waals surface area contributed by atoms with Gasteiger partial charge in [-0.15, -0.1) is 0 Å². The Kier molecular flexibility index (Phi) is 6.10. The molecule has 17 heavy (non-hydrogen) atoms. The van der Waals surface area contributed by atoms with E-state index in [0.29, 0.717) is 19.4 Å². The van der Waals surface area contributed by atoms with E-state index in [-0.39, 0.29) is 12.5 Å². The van der Waals surface area contributed by atoms with Crippen molar-refractivity contribution in [2.75, 3.05) is 31.6 Å². The number of nitrogens with one attached hydrogen (secondary N) is 1. The standard InChI is InChI=1S/C13H20N2O2/c1-15(12-6-3-2-4-7-12)10-9-14-13(17)8-5-11-16/h2-4,6-7,16H,5,8-11H2,1H3,(H,14,17). The first-order chi connectivity index (χ1) is 8.24. The van der Waals surface area contributed by atoms with Gasteiger partial charge >= 0.3 is 0 Å². The molecular formula is C13H20N2O2. The lowest BCUT2D eigenvalue weighted by molar-refractivity contribution is -0.121. The molecule has 0 atom stereocenters. The van der Waals surface area contributed by atoms with E-state index in [9.17, 15) is 4.79 Å². The van der Waals surface area contributed by atoms with Crippen molar-refractivity contribution in [2.24, 2.45) is 0 Å². The summed E-state index contributed by atoms with van der Waals surface area (Å²) in [5, 5.41) is 11.4. The zero-order chi connectivity index (χ0) is 12.5. The third-order valence-corrected chi connectivity index (χ3v) is 2.53. The number of hydrogen-bond donors (Lipinski definition) is 2. The monoisotopic (exact) mass is 236 g/mol. The Morgan fingerprint density at radius 3 is 2.71 bits per heavy atom. The lowest BCUT2D eigenvalue weighted by Crippen LogP contribution is -2.32. The second-order valence-electron chi connectivity index (χ2n) is 3.93. The minimum absolute atomic E-state index is 0.000474. The van der Waals surface area contributed by atoms with E-state index >= 15 is 0 Å². The molecule has 0 heterocycles. The molecule has 1 aromatic carbocycles. The Bertz CT molecular complexity index is 327. The molecule has 0 aromatic heterocycles. The number of anilines is 1. The maximum absolute atomic E-state index is 11.3. The van der Waals surface area contributed by atoms with E-state index in [2.05, 4.69) is 10.2 Å². The van der Waals surface area contributed by atoms with Gasteiger partial charge in [0.1, 0.15) is 0 Å². The summed E-state index contributed by atoms with van der Waals surface area (Å²) in [7, 11) is 2.00. The van der Waals surface area contributed by atoms with Crippen LogP contribution < -0.4 is 10.2 Å². The molecule has 0 saturated carbocycles. The fraction of sp³-hybridized carbons (Fsp3) is 0.462. The summed E-state index contributed by atoms with van der Waals surface area (Å²) in [6.07, 6.45) is 0.923. The maximum atomic E-state index is 11.3. The number of hydrogen-bond acceptors (Lipinski definition) is 3. The van der Waals surface area contributed by atoms with Crippen LogP contribution in [0.25, 0.3) is 0 Å². The molecule has 4 heteroatoms. The van der Waals surface area contributed by atoms with E-state index in [4.69, 9.17) is 5.11 Å². The van der Waals surface area contributed by atoms with E-state index < -0.39 is 0 Å². The van der Waals surface area contributed by atoms with Crippen molar-refractivity contribution in [3.8, 4) is 0 Å². The molecule has 0 unspecified atom stereocenters. The van der Waals surface area contributed by atoms with Crippen LogP contribution in [-0.4, -0.2) is 37.8 Å². The molecule has 0 bridgehead atoms. The van der Waals surface area contributed by atoms with Gasteiger partial charge in [0.15, 0.2) is 0 Å². The van der Waals surface area contributed by atoms with Gasteiger partial charge in [-0.05, 0) is 18.6 Å². The summed E-state index contributed by atoms with van der Waals surface area (Å²) in [5.74, 6) is 0.000474. The number of para-hydroxylation sites is 1. The lowest BCUT2D eigenvalue weighted by Gasteiger charge is -2.19. The largest absolute Gasteiger partial charge is 0.396 e. The number of benzene rings is 1. The quantitative estimate of drug-likeness (QED) is 0.743. The highest BCUT2D eigenvalue weighted by atomic mass is 16.3. The van der Waals surface area contributed by atoms with Crippen molar-refractivity contribution in [2.45, 2.75) is 12.8 Å². The molecule has 1 amide bonds. The van der Waals surface area contributed by atoms with Gasteiger partial charge < -0.3 is 15.3 Å². The van der Waals surface area contributed by atoms with E-state index in [1.807, 2.05) is 37.4 Å². The van der Waals surface area contributed by atoms with Crippen molar-refractivity contribution in [1.82, 2.24) is 5.32 Å². The fourth-order valence-corrected chi connectivity index (χ4v) is 1.50. The molecule has 0 spiro atoms. The Morgan fingerprint density at radius 2 is 2.06 bits per heavy atom. The van der Waals surface area contributed by atoms with Gasteiger partial charge in [-0.2, -0.15) is 0 Å². The predicted molar refractivity (Wildman–Crippen MR) is 69.0 cm³/mol. The number of nitrogens with zero attached hydrogens (tertiary/aromatic N) is 1. The number of amides is 1. The normalized spacial score (nSPS) is 10.0. The topological polar surface area (TPSA) is 52.6 Å². The van der Waals surface area contributed by atoms with Crippen molar-refractivity contribution in [3.05, 3.63) is 30.3 Å². The van der Waals surface area contributed by atoms with Crippen LogP contribution >= 0.6 is 0 Å². The second kappa shape index (κ2) is 7.68. The average molecular weight is 236 g/mol. The van der Waals surface area contributed by atoms with Crippen LogP contribution in [0.4, 0.5) is 5.69 Å². The van der Waals surface area contributed by atoms with E-state index in [1.165, 1.54) is 0 Å². The SMILES string of the molecule is CN(CCNC(=O)CCCO)c1ccccc1. The van der Waals surface area contributed by atoms with Gasteiger partial charge in [0.25, 0.3) is 0 Å². The number of carbonyl (C=O) groups is 1. The zero-order valence-corrected chi connectivity index (χ0v) is 10.2. The highest BCUT2D eigenvalue weighted by Crippen LogP contribution is 2.09. The second-order valence-corrected chi connectivity index (χ2v) is 3.93. The van der Waals surface area contributed by atoms with E-state index in [0.717, 1.165) is 12.2 Å². The Labute approximate surface area is 102 Å².